The molecule has 1 fully saturated rings. The Morgan fingerprint density at radius 1 is 1.15 bits per heavy atom. The van der Waals surface area contributed by atoms with Crippen LogP contribution in [-0.2, 0) is 17.6 Å². The zero-order valence-electron chi connectivity index (χ0n) is 16.1. The number of hydrogen-bond acceptors (Lipinski definition) is 2. The van der Waals surface area contributed by atoms with Crippen LogP contribution >= 0.6 is 0 Å². The van der Waals surface area contributed by atoms with Gasteiger partial charge in [-0.2, -0.15) is 0 Å². The zero-order chi connectivity index (χ0) is 18.5. The third-order valence-electron chi connectivity index (χ3n) is 5.40. The van der Waals surface area contributed by atoms with Crippen LogP contribution in [0.4, 0.5) is 0 Å². The topological polar surface area (TPSA) is 29.5 Å². The fourth-order valence-electron chi connectivity index (χ4n) is 3.62. The van der Waals surface area contributed by atoms with Crippen molar-refractivity contribution >= 4 is 5.91 Å². The zero-order valence-corrected chi connectivity index (χ0v) is 16.1. The maximum Gasteiger partial charge on any atom is 0.230 e. The Kier molecular flexibility index (Phi) is 5.97. The van der Waals surface area contributed by atoms with Crippen LogP contribution in [0.1, 0.15) is 48.8 Å². The van der Waals surface area contributed by atoms with Gasteiger partial charge in [-0.15, -0.1) is 0 Å². The van der Waals surface area contributed by atoms with E-state index in [4.69, 9.17) is 4.74 Å². The minimum atomic E-state index is -0.0397. The largest absolute Gasteiger partial charge is 0.497 e. The number of carbonyl (C=O) groups excluding carboxylic acids is 1. The summed E-state index contributed by atoms with van der Waals surface area (Å²) in [6, 6.07) is 17.1. The maximum absolute atomic E-state index is 13.0. The summed E-state index contributed by atoms with van der Waals surface area (Å²) in [6.45, 7) is 2.11. The summed E-state index contributed by atoms with van der Waals surface area (Å²) in [7, 11) is 3.66. The predicted molar refractivity (Wildman–Crippen MR) is 106 cm³/mol. The number of aryl methyl sites for hydroxylation is 2. The second-order valence-electron chi connectivity index (χ2n) is 7.19. The van der Waals surface area contributed by atoms with E-state index in [-0.39, 0.29) is 11.8 Å². The summed E-state index contributed by atoms with van der Waals surface area (Å²) in [4.78, 5) is 14.9. The van der Waals surface area contributed by atoms with Gasteiger partial charge in [-0.3, -0.25) is 4.79 Å². The lowest BCUT2D eigenvalue weighted by Crippen LogP contribution is -2.33. The number of nitrogens with zero attached hydrogens (tertiary/aromatic N) is 1. The first-order chi connectivity index (χ1) is 12.6. The van der Waals surface area contributed by atoms with E-state index in [2.05, 4.69) is 43.3 Å². The van der Waals surface area contributed by atoms with Crippen LogP contribution in [0.3, 0.4) is 0 Å². The van der Waals surface area contributed by atoms with Crippen LogP contribution in [0.25, 0.3) is 0 Å². The smallest absolute Gasteiger partial charge is 0.230 e. The molecule has 1 aliphatic rings. The molecule has 0 radical (unpaired) electrons. The number of rotatable bonds is 8. The summed E-state index contributed by atoms with van der Waals surface area (Å²) in [6.07, 6.45) is 5.01. The van der Waals surface area contributed by atoms with Gasteiger partial charge in [0.25, 0.3) is 0 Å². The normalized spacial score (nSPS) is 14.7. The fourth-order valence-corrected chi connectivity index (χ4v) is 3.62. The van der Waals surface area contributed by atoms with E-state index in [1.165, 1.54) is 16.7 Å². The first-order valence-corrected chi connectivity index (χ1v) is 9.61. The Morgan fingerprint density at radius 3 is 2.62 bits per heavy atom. The molecule has 138 valence electrons. The third kappa shape index (κ3) is 4.27. The predicted octanol–water partition coefficient (Wildman–Crippen LogP) is 4.59. The third-order valence-corrected chi connectivity index (χ3v) is 5.40. The van der Waals surface area contributed by atoms with Gasteiger partial charge >= 0.3 is 0 Å². The maximum atomic E-state index is 13.0. The molecular weight excluding hydrogens is 322 g/mol. The van der Waals surface area contributed by atoms with Crippen molar-refractivity contribution in [2.45, 2.75) is 51.0 Å². The van der Waals surface area contributed by atoms with Crippen LogP contribution in [-0.4, -0.2) is 31.0 Å². The second kappa shape index (κ2) is 8.39. The monoisotopic (exact) mass is 351 g/mol. The van der Waals surface area contributed by atoms with E-state index in [1.54, 1.807) is 7.11 Å². The van der Waals surface area contributed by atoms with Crippen molar-refractivity contribution in [1.29, 1.82) is 0 Å². The molecule has 1 amide bonds. The molecule has 1 atom stereocenters. The Bertz CT molecular complexity index is 751. The molecule has 3 heteroatoms. The SMILES string of the molecule is CCC(C(=O)N(C)C1CC1)c1ccccc1CCc1cccc(OC)c1. The van der Waals surface area contributed by atoms with Gasteiger partial charge in [0.2, 0.25) is 5.91 Å². The molecule has 3 rings (SSSR count). The van der Waals surface area contributed by atoms with Crippen molar-refractivity contribution < 1.29 is 9.53 Å². The summed E-state index contributed by atoms with van der Waals surface area (Å²) in [5.74, 6) is 1.12. The highest BCUT2D eigenvalue weighted by molar-refractivity contribution is 5.84. The second-order valence-corrected chi connectivity index (χ2v) is 7.19. The van der Waals surface area contributed by atoms with Gasteiger partial charge in [0, 0.05) is 13.1 Å². The number of methoxy groups -OCH3 is 1. The number of ether oxygens (including phenoxy) is 1. The minimum Gasteiger partial charge on any atom is -0.497 e. The summed E-state index contributed by atoms with van der Waals surface area (Å²) >= 11 is 0. The minimum absolute atomic E-state index is 0.0397. The summed E-state index contributed by atoms with van der Waals surface area (Å²) in [5.41, 5.74) is 3.73. The molecular formula is C23H29NO2. The van der Waals surface area contributed by atoms with Crippen molar-refractivity contribution in [3.05, 3.63) is 65.2 Å². The highest BCUT2D eigenvalue weighted by atomic mass is 16.5. The van der Waals surface area contributed by atoms with Crippen molar-refractivity contribution in [2.24, 2.45) is 0 Å². The van der Waals surface area contributed by atoms with E-state index in [9.17, 15) is 4.79 Å². The van der Waals surface area contributed by atoms with Gasteiger partial charge in [-0.1, -0.05) is 43.3 Å². The van der Waals surface area contributed by atoms with Gasteiger partial charge in [0.1, 0.15) is 5.75 Å². The van der Waals surface area contributed by atoms with Gasteiger partial charge in [-0.05, 0) is 60.9 Å². The molecule has 0 N–H and O–H groups in total. The molecule has 0 spiro atoms. The van der Waals surface area contributed by atoms with E-state index in [1.807, 2.05) is 24.1 Å². The first-order valence-electron chi connectivity index (χ1n) is 9.61. The fraction of sp³-hybridized carbons (Fsp3) is 0.435. The highest BCUT2D eigenvalue weighted by Crippen LogP contribution is 2.32. The lowest BCUT2D eigenvalue weighted by Gasteiger charge is -2.25. The van der Waals surface area contributed by atoms with E-state index in [0.29, 0.717) is 6.04 Å². The van der Waals surface area contributed by atoms with Gasteiger partial charge < -0.3 is 9.64 Å². The molecule has 2 aromatic rings. The molecule has 0 bridgehead atoms. The van der Waals surface area contributed by atoms with Gasteiger partial charge in [-0.25, -0.2) is 0 Å². The molecule has 26 heavy (non-hydrogen) atoms. The number of benzene rings is 2. The van der Waals surface area contributed by atoms with Gasteiger partial charge in [0.15, 0.2) is 0 Å². The number of likely N-dealkylation sites (N-methyl/N-ethyl adjacent to an activating group) is 1. The van der Waals surface area contributed by atoms with Crippen molar-refractivity contribution in [3.63, 3.8) is 0 Å². The molecule has 0 aliphatic heterocycles. The van der Waals surface area contributed by atoms with E-state index < -0.39 is 0 Å². The summed E-state index contributed by atoms with van der Waals surface area (Å²) in [5, 5.41) is 0. The Morgan fingerprint density at radius 2 is 1.92 bits per heavy atom. The average Bonchev–Trinajstić information content (AvgIpc) is 3.52. The number of hydrogen-bond donors (Lipinski definition) is 0. The van der Waals surface area contributed by atoms with Crippen LogP contribution < -0.4 is 4.74 Å². The quantitative estimate of drug-likeness (QED) is 0.696. The van der Waals surface area contributed by atoms with Crippen LogP contribution in [0.5, 0.6) is 5.75 Å². The molecule has 2 aromatic carbocycles. The van der Waals surface area contributed by atoms with Crippen molar-refractivity contribution in [2.75, 3.05) is 14.2 Å². The standard InChI is InChI=1S/C23H29NO2/c1-4-21(23(25)24(2)19-14-15-19)22-11-6-5-9-18(22)13-12-17-8-7-10-20(16-17)26-3/h5-11,16,19,21H,4,12-15H2,1-3H3. The Hall–Kier alpha value is -2.29. The molecule has 1 saturated carbocycles. The van der Waals surface area contributed by atoms with Crippen LogP contribution in [0.2, 0.25) is 0 Å². The molecule has 0 heterocycles. The molecule has 0 saturated heterocycles. The van der Waals surface area contributed by atoms with E-state index in [0.717, 1.165) is 37.9 Å². The molecule has 1 aliphatic carbocycles. The van der Waals surface area contributed by atoms with Crippen LogP contribution in [0.15, 0.2) is 48.5 Å². The Labute approximate surface area is 157 Å². The molecule has 0 aromatic heterocycles. The first kappa shape index (κ1) is 18.5. The average molecular weight is 351 g/mol. The highest BCUT2D eigenvalue weighted by Gasteiger charge is 2.33. The number of carbonyl (C=O) groups is 1. The molecule has 3 nitrogen and oxygen atoms in total. The Balaban J connectivity index is 1.76. The van der Waals surface area contributed by atoms with Crippen molar-refractivity contribution in [1.82, 2.24) is 4.90 Å². The lowest BCUT2D eigenvalue weighted by atomic mass is 9.88. The lowest BCUT2D eigenvalue weighted by molar-refractivity contribution is -0.132. The van der Waals surface area contributed by atoms with E-state index >= 15 is 0 Å². The van der Waals surface area contributed by atoms with Crippen LogP contribution in [0, 0.1) is 0 Å². The summed E-state index contributed by atoms with van der Waals surface area (Å²) < 4.78 is 5.32. The number of amides is 1. The van der Waals surface area contributed by atoms with Crippen molar-refractivity contribution in [3.8, 4) is 5.75 Å². The van der Waals surface area contributed by atoms with Gasteiger partial charge in [0.05, 0.1) is 13.0 Å². The molecule has 1 unspecified atom stereocenters.